The van der Waals surface area contributed by atoms with Crippen molar-refractivity contribution >= 4 is 68.4 Å². The molecule has 0 aliphatic carbocycles. The molecule has 0 atom stereocenters. The van der Waals surface area contributed by atoms with Crippen molar-refractivity contribution in [2.75, 3.05) is 50.0 Å². The Labute approximate surface area is 227 Å². The minimum atomic E-state index is 0. The number of hydrogen-bond acceptors (Lipinski definition) is 6. The minimum Gasteiger partial charge on any atom is -0.379 e. The lowest BCUT2D eigenvalue weighted by Crippen LogP contribution is -2.39. The number of anilines is 1. The Balaban J connectivity index is 0.00000342. The van der Waals surface area contributed by atoms with Crippen molar-refractivity contribution in [3.63, 3.8) is 0 Å². The van der Waals surface area contributed by atoms with E-state index in [-0.39, 0.29) is 18.3 Å². The zero-order valence-electron chi connectivity index (χ0n) is 20.3. The van der Waals surface area contributed by atoms with Crippen LogP contribution in [0.4, 0.5) is 5.13 Å². The Bertz CT molecular complexity index is 1100. The molecule has 2 aromatic carbocycles. The zero-order chi connectivity index (χ0) is 23.9. The summed E-state index contributed by atoms with van der Waals surface area (Å²) in [6.07, 6.45) is 2.28. The summed E-state index contributed by atoms with van der Waals surface area (Å²) in [7, 11) is 0. The lowest BCUT2D eigenvalue weighted by Gasteiger charge is -2.27. The summed E-state index contributed by atoms with van der Waals surface area (Å²) in [5.74, 6) is 1.06. The highest BCUT2D eigenvalue weighted by Gasteiger charge is 2.21. The van der Waals surface area contributed by atoms with E-state index in [1.165, 1.54) is 16.0 Å². The van der Waals surface area contributed by atoms with E-state index < -0.39 is 0 Å². The molecule has 0 radical (unpaired) electrons. The molecule has 5 nitrogen and oxygen atoms in total. The van der Waals surface area contributed by atoms with Crippen molar-refractivity contribution in [1.29, 1.82) is 0 Å². The molecule has 1 amide bonds. The van der Waals surface area contributed by atoms with E-state index in [1.807, 2.05) is 29.2 Å². The van der Waals surface area contributed by atoms with Crippen LogP contribution in [0.5, 0.6) is 0 Å². The molecule has 3 aromatic rings. The highest BCUT2D eigenvalue weighted by molar-refractivity contribution is 7.99. The number of aryl methyl sites for hydroxylation is 2. The number of thiazole rings is 1. The topological polar surface area (TPSA) is 45.7 Å². The number of fused-ring (bicyclic) bond motifs is 1. The monoisotopic (exact) mass is 553 g/mol. The van der Waals surface area contributed by atoms with Gasteiger partial charge in [0.1, 0.15) is 0 Å². The van der Waals surface area contributed by atoms with Crippen LogP contribution in [-0.2, 0) is 9.53 Å². The van der Waals surface area contributed by atoms with Gasteiger partial charge < -0.3 is 4.74 Å². The molecule has 0 saturated carbocycles. The van der Waals surface area contributed by atoms with Gasteiger partial charge in [-0.05, 0) is 73.9 Å². The molecule has 190 valence electrons. The maximum atomic E-state index is 13.3. The summed E-state index contributed by atoms with van der Waals surface area (Å²) in [6, 6.07) is 12.1. The van der Waals surface area contributed by atoms with Gasteiger partial charge in [0, 0.05) is 42.5 Å². The van der Waals surface area contributed by atoms with Gasteiger partial charge in [0.2, 0.25) is 5.91 Å². The van der Waals surface area contributed by atoms with E-state index >= 15 is 0 Å². The van der Waals surface area contributed by atoms with Crippen LogP contribution in [0.2, 0.25) is 5.02 Å². The van der Waals surface area contributed by atoms with Crippen LogP contribution in [0, 0.1) is 13.8 Å². The molecular formula is C26H33Cl2N3O2S2. The number of carbonyl (C=O) groups excluding carboxylic acids is 1. The number of amides is 1. The molecule has 35 heavy (non-hydrogen) atoms. The van der Waals surface area contributed by atoms with Gasteiger partial charge in [0.15, 0.2) is 5.13 Å². The van der Waals surface area contributed by atoms with Crippen LogP contribution >= 0.6 is 47.1 Å². The predicted molar refractivity (Wildman–Crippen MR) is 152 cm³/mol. The molecule has 0 spiro atoms. The van der Waals surface area contributed by atoms with Crippen LogP contribution in [0.1, 0.15) is 30.4 Å². The first kappa shape index (κ1) is 28.2. The van der Waals surface area contributed by atoms with Crippen molar-refractivity contribution in [3.05, 3.63) is 52.5 Å². The second-order valence-corrected chi connectivity index (χ2v) is 11.2. The molecule has 1 saturated heterocycles. The summed E-state index contributed by atoms with van der Waals surface area (Å²) in [4.78, 5) is 23.8. The first-order chi connectivity index (χ1) is 16.5. The molecular weight excluding hydrogens is 521 g/mol. The first-order valence-electron chi connectivity index (χ1n) is 11.9. The highest BCUT2D eigenvalue weighted by Crippen LogP contribution is 2.32. The third-order valence-corrected chi connectivity index (χ3v) is 8.58. The number of aromatic nitrogens is 1. The van der Waals surface area contributed by atoms with Gasteiger partial charge in [0.05, 0.1) is 23.4 Å². The van der Waals surface area contributed by atoms with Gasteiger partial charge in [-0.15, -0.1) is 24.2 Å². The van der Waals surface area contributed by atoms with E-state index in [1.54, 1.807) is 23.1 Å². The smallest absolute Gasteiger partial charge is 0.228 e. The van der Waals surface area contributed by atoms with Gasteiger partial charge in [-0.3, -0.25) is 14.6 Å². The van der Waals surface area contributed by atoms with Crippen LogP contribution in [0.25, 0.3) is 10.2 Å². The van der Waals surface area contributed by atoms with Crippen molar-refractivity contribution in [1.82, 2.24) is 9.88 Å². The maximum absolute atomic E-state index is 13.3. The lowest BCUT2D eigenvalue weighted by atomic mass is 10.1. The number of nitrogens with zero attached hydrogens (tertiary/aromatic N) is 3. The van der Waals surface area contributed by atoms with E-state index in [4.69, 9.17) is 21.3 Å². The van der Waals surface area contributed by atoms with E-state index in [0.29, 0.717) is 13.0 Å². The number of rotatable bonds is 10. The quantitative estimate of drug-likeness (QED) is 0.208. The second-order valence-electron chi connectivity index (χ2n) is 8.61. The predicted octanol–water partition coefficient (Wildman–Crippen LogP) is 6.62. The van der Waals surface area contributed by atoms with Crippen molar-refractivity contribution < 1.29 is 9.53 Å². The molecule has 9 heteroatoms. The van der Waals surface area contributed by atoms with Crippen LogP contribution in [0.3, 0.4) is 0 Å². The molecule has 0 unspecified atom stereocenters. The van der Waals surface area contributed by atoms with E-state index in [0.717, 1.165) is 71.8 Å². The van der Waals surface area contributed by atoms with E-state index in [9.17, 15) is 4.79 Å². The van der Waals surface area contributed by atoms with Crippen molar-refractivity contribution in [3.8, 4) is 0 Å². The molecule has 1 aliphatic rings. The Hall–Kier alpha value is -1.35. The fourth-order valence-electron chi connectivity index (χ4n) is 4.01. The average molecular weight is 555 g/mol. The summed E-state index contributed by atoms with van der Waals surface area (Å²) in [5, 5.41) is 1.56. The summed E-state index contributed by atoms with van der Waals surface area (Å²) in [5.41, 5.74) is 3.44. The third-order valence-electron chi connectivity index (χ3n) is 6.18. The molecule has 1 aliphatic heterocycles. The molecule has 0 bridgehead atoms. The molecule has 4 rings (SSSR count). The molecule has 2 heterocycles. The van der Waals surface area contributed by atoms with Gasteiger partial charge in [-0.1, -0.05) is 29.0 Å². The Kier molecular flexibility index (Phi) is 11.1. The fraction of sp³-hybridized carbons (Fsp3) is 0.462. The number of halogens is 2. The standard InChI is InChI=1S/C26H32ClN3O2S2.ClH/c1-19-6-11-23-25(20(19)2)28-26(34-23)30(13-4-12-29-14-16-32-17-15-29)24(31)5-3-18-33-22-9-7-21(27)8-10-22;/h6-11H,3-5,12-18H2,1-2H3;1H. The van der Waals surface area contributed by atoms with Gasteiger partial charge in [0.25, 0.3) is 0 Å². The van der Waals surface area contributed by atoms with E-state index in [2.05, 4.69) is 30.9 Å². The fourth-order valence-corrected chi connectivity index (χ4v) is 6.06. The first-order valence-corrected chi connectivity index (χ1v) is 14.0. The van der Waals surface area contributed by atoms with Gasteiger partial charge in [-0.2, -0.15) is 0 Å². The number of ether oxygens (including phenoxy) is 1. The number of hydrogen-bond donors (Lipinski definition) is 0. The molecule has 1 fully saturated rings. The number of benzene rings is 2. The van der Waals surface area contributed by atoms with Crippen LogP contribution < -0.4 is 4.90 Å². The summed E-state index contributed by atoms with van der Waals surface area (Å²) >= 11 is 9.36. The average Bonchev–Trinajstić information content (AvgIpc) is 3.28. The largest absolute Gasteiger partial charge is 0.379 e. The SMILES string of the molecule is Cc1ccc2sc(N(CCCN3CCOCC3)C(=O)CCCSc3ccc(Cl)cc3)nc2c1C.Cl. The van der Waals surface area contributed by atoms with Crippen LogP contribution in [-0.4, -0.2) is 60.9 Å². The van der Waals surface area contributed by atoms with Gasteiger partial charge >= 0.3 is 0 Å². The summed E-state index contributed by atoms with van der Waals surface area (Å²) < 4.78 is 6.60. The zero-order valence-corrected chi connectivity index (χ0v) is 23.5. The molecule has 1 aromatic heterocycles. The number of morpholine rings is 1. The lowest BCUT2D eigenvalue weighted by molar-refractivity contribution is -0.118. The van der Waals surface area contributed by atoms with Crippen molar-refractivity contribution in [2.45, 2.75) is 38.0 Å². The molecule has 0 N–H and O–H groups in total. The van der Waals surface area contributed by atoms with Crippen LogP contribution in [0.15, 0.2) is 41.3 Å². The maximum Gasteiger partial charge on any atom is 0.228 e. The third kappa shape index (κ3) is 7.81. The minimum absolute atomic E-state index is 0. The number of thioether (sulfide) groups is 1. The second kappa shape index (κ2) is 13.8. The van der Waals surface area contributed by atoms with Gasteiger partial charge in [-0.25, -0.2) is 4.98 Å². The normalized spacial score (nSPS) is 14.1. The Morgan fingerprint density at radius 3 is 2.63 bits per heavy atom. The summed E-state index contributed by atoms with van der Waals surface area (Å²) in [6.45, 7) is 9.41. The Morgan fingerprint density at radius 2 is 1.89 bits per heavy atom. The number of carbonyl (C=O) groups is 1. The highest BCUT2D eigenvalue weighted by atomic mass is 35.5. The van der Waals surface area contributed by atoms with Crippen molar-refractivity contribution in [2.24, 2.45) is 0 Å². The Morgan fingerprint density at radius 1 is 1.14 bits per heavy atom.